The van der Waals surface area contributed by atoms with E-state index in [1.807, 2.05) is 0 Å². The predicted molar refractivity (Wildman–Crippen MR) is 91.8 cm³/mol. The van der Waals surface area contributed by atoms with E-state index in [1.54, 1.807) is 24.3 Å². The second-order valence-electron chi connectivity index (χ2n) is 6.01. The van der Waals surface area contributed by atoms with E-state index < -0.39 is 23.6 Å². The van der Waals surface area contributed by atoms with Crippen molar-refractivity contribution < 1.29 is 22.8 Å². The maximum absolute atomic E-state index is 12.5. The summed E-state index contributed by atoms with van der Waals surface area (Å²) in [6, 6.07) is 10.7. The van der Waals surface area contributed by atoms with E-state index >= 15 is 0 Å². The first-order valence-corrected chi connectivity index (χ1v) is 8.16. The molecule has 3 rings (SSSR count). The highest BCUT2D eigenvalue weighted by molar-refractivity contribution is 6.30. The molecule has 2 atom stereocenters. The first-order chi connectivity index (χ1) is 12.2. The molecule has 8 heteroatoms. The Kier molecular flexibility index (Phi) is 4.91. The van der Waals surface area contributed by atoms with E-state index in [0.717, 1.165) is 12.1 Å². The molecule has 136 valence electrons. The summed E-state index contributed by atoms with van der Waals surface area (Å²) in [5.41, 5.74) is 0.0436. The van der Waals surface area contributed by atoms with Gasteiger partial charge < -0.3 is 10.6 Å². The van der Waals surface area contributed by atoms with Crippen molar-refractivity contribution in [3.63, 3.8) is 0 Å². The molecular formula is C18H14ClF3N2O2. The number of benzene rings is 2. The SMILES string of the molecule is O=C(Nc1ccc(Cl)cc1)C1CC1C(=O)Nc1ccc(C(F)(F)F)cc1. The maximum Gasteiger partial charge on any atom is 0.416 e. The zero-order chi connectivity index (χ0) is 18.9. The minimum atomic E-state index is -4.43. The second kappa shape index (κ2) is 6.99. The highest BCUT2D eigenvalue weighted by Gasteiger charge is 2.48. The van der Waals surface area contributed by atoms with Crippen LogP contribution in [0.5, 0.6) is 0 Å². The van der Waals surface area contributed by atoms with Gasteiger partial charge >= 0.3 is 6.18 Å². The van der Waals surface area contributed by atoms with Crippen molar-refractivity contribution in [2.45, 2.75) is 12.6 Å². The molecule has 2 amide bonds. The molecule has 1 saturated carbocycles. The van der Waals surface area contributed by atoms with E-state index in [2.05, 4.69) is 10.6 Å². The van der Waals surface area contributed by atoms with Crippen molar-refractivity contribution in [2.75, 3.05) is 10.6 Å². The van der Waals surface area contributed by atoms with Crippen molar-refractivity contribution >= 4 is 34.8 Å². The Morgan fingerprint density at radius 1 is 0.846 bits per heavy atom. The Labute approximate surface area is 152 Å². The molecule has 2 unspecified atom stereocenters. The smallest absolute Gasteiger partial charge is 0.326 e. The molecule has 1 fully saturated rings. The number of rotatable bonds is 4. The number of halogens is 4. The molecule has 0 radical (unpaired) electrons. The number of hydrogen-bond acceptors (Lipinski definition) is 2. The van der Waals surface area contributed by atoms with Crippen LogP contribution in [0.3, 0.4) is 0 Å². The third kappa shape index (κ3) is 4.35. The molecule has 0 spiro atoms. The average molecular weight is 383 g/mol. The Morgan fingerprint density at radius 3 is 1.69 bits per heavy atom. The summed E-state index contributed by atoms with van der Waals surface area (Å²) in [4.78, 5) is 24.3. The number of hydrogen-bond donors (Lipinski definition) is 2. The zero-order valence-electron chi connectivity index (χ0n) is 13.3. The molecular weight excluding hydrogens is 369 g/mol. The molecule has 0 aromatic heterocycles. The Bertz CT molecular complexity index is 820. The van der Waals surface area contributed by atoms with Crippen molar-refractivity contribution in [1.82, 2.24) is 0 Å². The van der Waals surface area contributed by atoms with Crippen LogP contribution in [0.4, 0.5) is 24.5 Å². The third-order valence-corrected chi connectivity index (χ3v) is 4.31. The van der Waals surface area contributed by atoms with E-state index in [-0.39, 0.29) is 17.5 Å². The molecule has 0 heterocycles. The van der Waals surface area contributed by atoms with Gasteiger partial charge in [0.1, 0.15) is 0 Å². The van der Waals surface area contributed by atoms with Gasteiger partial charge in [0.25, 0.3) is 0 Å². The largest absolute Gasteiger partial charge is 0.416 e. The quantitative estimate of drug-likeness (QED) is 0.813. The van der Waals surface area contributed by atoms with Crippen molar-refractivity contribution in [2.24, 2.45) is 11.8 Å². The third-order valence-electron chi connectivity index (χ3n) is 4.06. The first kappa shape index (κ1) is 18.3. The average Bonchev–Trinajstić information content (AvgIpc) is 3.37. The van der Waals surface area contributed by atoms with Crippen LogP contribution in [0.25, 0.3) is 0 Å². The van der Waals surface area contributed by atoms with Gasteiger partial charge in [-0.2, -0.15) is 13.2 Å². The Balaban J connectivity index is 1.53. The number of carbonyl (C=O) groups is 2. The van der Waals surface area contributed by atoms with Gasteiger partial charge in [0, 0.05) is 16.4 Å². The second-order valence-corrected chi connectivity index (χ2v) is 6.45. The summed E-state index contributed by atoms with van der Waals surface area (Å²) in [5, 5.41) is 5.78. The molecule has 4 nitrogen and oxygen atoms in total. The number of nitrogens with one attached hydrogen (secondary N) is 2. The van der Waals surface area contributed by atoms with Crippen LogP contribution in [-0.4, -0.2) is 11.8 Å². The minimum Gasteiger partial charge on any atom is -0.326 e. The molecule has 0 bridgehead atoms. The van der Waals surface area contributed by atoms with Gasteiger partial charge in [-0.15, -0.1) is 0 Å². The van der Waals surface area contributed by atoms with Gasteiger partial charge in [0.05, 0.1) is 17.4 Å². The summed E-state index contributed by atoms with van der Waals surface area (Å²) in [6.45, 7) is 0. The minimum absolute atomic E-state index is 0.256. The Hall–Kier alpha value is -2.54. The molecule has 2 N–H and O–H groups in total. The summed E-state index contributed by atoms with van der Waals surface area (Å²) < 4.78 is 37.6. The van der Waals surface area contributed by atoms with Gasteiger partial charge in [0.15, 0.2) is 0 Å². The molecule has 0 aliphatic heterocycles. The van der Waals surface area contributed by atoms with Crippen molar-refractivity contribution in [3.8, 4) is 0 Å². The van der Waals surface area contributed by atoms with E-state index in [9.17, 15) is 22.8 Å². The van der Waals surface area contributed by atoms with Gasteiger partial charge in [-0.3, -0.25) is 9.59 Å². The van der Waals surface area contributed by atoms with Gasteiger partial charge in [-0.05, 0) is 55.0 Å². The van der Waals surface area contributed by atoms with Crippen LogP contribution in [0.2, 0.25) is 5.02 Å². The monoisotopic (exact) mass is 382 g/mol. The summed E-state index contributed by atoms with van der Waals surface area (Å²) in [7, 11) is 0. The maximum atomic E-state index is 12.5. The van der Waals surface area contributed by atoms with Crippen LogP contribution in [0.1, 0.15) is 12.0 Å². The number of carbonyl (C=O) groups excluding carboxylic acids is 2. The van der Waals surface area contributed by atoms with E-state index in [4.69, 9.17) is 11.6 Å². The molecule has 1 aliphatic carbocycles. The van der Waals surface area contributed by atoms with Crippen LogP contribution in [-0.2, 0) is 15.8 Å². The predicted octanol–water partition coefficient (Wildman–Crippen LogP) is 4.57. The molecule has 0 saturated heterocycles. The van der Waals surface area contributed by atoms with Gasteiger partial charge in [-0.1, -0.05) is 11.6 Å². The standard InChI is InChI=1S/C18H14ClF3N2O2/c19-11-3-7-13(8-4-11)24-17(26)15-9-14(15)16(25)23-12-5-1-10(2-6-12)18(20,21)22/h1-8,14-15H,9H2,(H,23,25)(H,24,26). The van der Waals surface area contributed by atoms with Crippen molar-refractivity contribution in [3.05, 3.63) is 59.1 Å². The molecule has 2 aromatic rings. The fraction of sp³-hybridized carbons (Fsp3) is 0.222. The first-order valence-electron chi connectivity index (χ1n) is 7.78. The lowest BCUT2D eigenvalue weighted by Gasteiger charge is -2.09. The zero-order valence-corrected chi connectivity index (χ0v) is 14.1. The van der Waals surface area contributed by atoms with E-state index in [1.165, 1.54) is 12.1 Å². The summed E-state index contributed by atoms with van der Waals surface area (Å²) in [5.74, 6) is -1.62. The fourth-order valence-electron chi connectivity index (χ4n) is 2.52. The van der Waals surface area contributed by atoms with Crippen LogP contribution in [0.15, 0.2) is 48.5 Å². The molecule has 26 heavy (non-hydrogen) atoms. The molecule has 1 aliphatic rings. The topological polar surface area (TPSA) is 58.2 Å². The van der Waals surface area contributed by atoms with Crippen LogP contribution < -0.4 is 10.6 Å². The van der Waals surface area contributed by atoms with Crippen LogP contribution in [0, 0.1) is 11.8 Å². The fourth-order valence-corrected chi connectivity index (χ4v) is 2.65. The number of anilines is 2. The van der Waals surface area contributed by atoms with Crippen LogP contribution >= 0.6 is 11.6 Å². The highest BCUT2D eigenvalue weighted by atomic mass is 35.5. The summed E-state index contributed by atoms with van der Waals surface area (Å²) in [6.07, 6.45) is -4.03. The normalized spacial score (nSPS) is 18.9. The Morgan fingerprint density at radius 2 is 1.27 bits per heavy atom. The van der Waals surface area contributed by atoms with Crippen molar-refractivity contribution in [1.29, 1.82) is 0 Å². The lowest BCUT2D eigenvalue weighted by Crippen LogP contribution is -2.20. The number of alkyl halides is 3. The summed E-state index contributed by atoms with van der Waals surface area (Å²) >= 11 is 5.77. The lowest BCUT2D eigenvalue weighted by atomic mass is 10.2. The number of amides is 2. The highest BCUT2D eigenvalue weighted by Crippen LogP contribution is 2.40. The lowest BCUT2D eigenvalue weighted by molar-refractivity contribution is -0.137. The van der Waals surface area contributed by atoms with Gasteiger partial charge in [-0.25, -0.2) is 0 Å². The van der Waals surface area contributed by atoms with E-state index in [0.29, 0.717) is 17.1 Å². The molecule has 2 aromatic carbocycles. The van der Waals surface area contributed by atoms with Gasteiger partial charge in [0.2, 0.25) is 11.8 Å².